The highest BCUT2D eigenvalue weighted by Crippen LogP contribution is 2.47. The minimum atomic E-state index is -0.0424. The van der Waals surface area contributed by atoms with Gasteiger partial charge in [-0.1, -0.05) is 25.1 Å². The summed E-state index contributed by atoms with van der Waals surface area (Å²) in [5.41, 5.74) is 0.645. The van der Waals surface area contributed by atoms with E-state index in [9.17, 15) is 9.90 Å². The predicted octanol–water partition coefficient (Wildman–Crippen LogP) is 3.31. The SMILES string of the molecule is CC1CC1c1ccc(CN(C)C(=O)Cc2ccccc2O)o1. The molecule has 0 bridgehead atoms. The molecule has 0 aliphatic heterocycles. The van der Waals surface area contributed by atoms with E-state index in [4.69, 9.17) is 4.42 Å². The van der Waals surface area contributed by atoms with Crippen LogP contribution in [0.15, 0.2) is 40.8 Å². The van der Waals surface area contributed by atoms with Crippen molar-refractivity contribution in [3.8, 4) is 5.75 Å². The van der Waals surface area contributed by atoms with Crippen LogP contribution in [-0.2, 0) is 17.8 Å². The van der Waals surface area contributed by atoms with E-state index >= 15 is 0 Å². The zero-order valence-electron chi connectivity index (χ0n) is 13.0. The van der Waals surface area contributed by atoms with Gasteiger partial charge in [0.25, 0.3) is 0 Å². The summed E-state index contributed by atoms with van der Waals surface area (Å²) in [6, 6.07) is 10.9. The van der Waals surface area contributed by atoms with E-state index in [1.54, 1.807) is 30.1 Å². The highest BCUT2D eigenvalue weighted by molar-refractivity contribution is 5.79. The number of nitrogens with zero attached hydrogens (tertiary/aromatic N) is 1. The number of phenolic OH excluding ortho intramolecular Hbond substituents is 1. The van der Waals surface area contributed by atoms with E-state index < -0.39 is 0 Å². The number of carbonyl (C=O) groups is 1. The molecule has 0 saturated heterocycles. The minimum Gasteiger partial charge on any atom is -0.508 e. The second kappa shape index (κ2) is 5.87. The summed E-state index contributed by atoms with van der Waals surface area (Å²) in [5, 5.41) is 9.74. The van der Waals surface area contributed by atoms with Gasteiger partial charge in [-0.05, 0) is 30.5 Å². The highest BCUT2D eigenvalue weighted by Gasteiger charge is 2.36. The molecule has 1 aliphatic carbocycles. The molecule has 1 saturated carbocycles. The maximum atomic E-state index is 12.2. The van der Waals surface area contributed by atoms with Crippen molar-refractivity contribution < 1.29 is 14.3 Å². The van der Waals surface area contributed by atoms with Gasteiger partial charge in [0, 0.05) is 18.5 Å². The van der Waals surface area contributed by atoms with Gasteiger partial charge < -0.3 is 14.4 Å². The fourth-order valence-electron chi connectivity index (χ4n) is 2.68. The topological polar surface area (TPSA) is 53.7 Å². The lowest BCUT2D eigenvalue weighted by atomic mass is 10.1. The van der Waals surface area contributed by atoms with Gasteiger partial charge in [-0.15, -0.1) is 0 Å². The summed E-state index contributed by atoms with van der Waals surface area (Å²) >= 11 is 0. The maximum absolute atomic E-state index is 12.2. The second-order valence-corrected chi connectivity index (χ2v) is 6.18. The summed E-state index contributed by atoms with van der Waals surface area (Å²) < 4.78 is 5.83. The Labute approximate surface area is 130 Å². The lowest BCUT2D eigenvalue weighted by molar-refractivity contribution is -0.129. The van der Waals surface area contributed by atoms with Crippen molar-refractivity contribution >= 4 is 5.91 Å². The zero-order valence-corrected chi connectivity index (χ0v) is 13.0. The fourth-order valence-corrected chi connectivity index (χ4v) is 2.68. The molecular weight excluding hydrogens is 278 g/mol. The summed E-state index contributed by atoms with van der Waals surface area (Å²) in [7, 11) is 1.75. The van der Waals surface area contributed by atoms with Gasteiger partial charge in [-0.25, -0.2) is 0 Å². The Balaban J connectivity index is 1.59. The number of phenols is 1. The smallest absolute Gasteiger partial charge is 0.227 e. The quantitative estimate of drug-likeness (QED) is 0.921. The van der Waals surface area contributed by atoms with Crippen LogP contribution in [0.4, 0.5) is 0 Å². The maximum Gasteiger partial charge on any atom is 0.227 e. The first kappa shape index (κ1) is 14.7. The number of hydrogen-bond donors (Lipinski definition) is 1. The molecule has 1 aromatic heterocycles. The number of aromatic hydroxyl groups is 1. The van der Waals surface area contributed by atoms with Crippen LogP contribution in [-0.4, -0.2) is 23.0 Å². The molecular formula is C18H21NO3. The third kappa shape index (κ3) is 3.16. The number of benzene rings is 1. The molecule has 116 valence electrons. The van der Waals surface area contributed by atoms with E-state index in [-0.39, 0.29) is 18.1 Å². The molecule has 1 N–H and O–H groups in total. The van der Waals surface area contributed by atoms with Gasteiger partial charge in [0.1, 0.15) is 17.3 Å². The molecule has 4 nitrogen and oxygen atoms in total. The van der Waals surface area contributed by atoms with Crippen LogP contribution in [0.2, 0.25) is 0 Å². The first-order chi connectivity index (χ1) is 10.5. The van der Waals surface area contributed by atoms with Gasteiger partial charge >= 0.3 is 0 Å². The van der Waals surface area contributed by atoms with E-state index in [1.807, 2.05) is 18.2 Å². The molecule has 2 atom stereocenters. The van der Waals surface area contributed by atoms with Gasteiger partial charge in [0.2, 0.25) is 5.91 Å². The first-order valence-electron chi connectivity index (χ1n) is 7.64. The average Bonchev–Trinajstić information content (AvgIpc) is 3.04. The monoisotopic (exact) mass is 299 g/mol. The third-order valence-electron chi connectivity index (χ3n) is 4.31. The largest absolute Gasteiger partial charge is 0.508 e. The van der Waals surface area contributed by atoms with E-state index in [2.05, 4.69) is 6.92 Å². The van der Waals surface area contributed by atoms with E-state index in [0.29, 0.717) is 23.9 Å². The molecule has 0 radical (unpaired) electrons. The Morgan fingerprint density at radius 1 is 1.32 bits per heavy atom. The molecule has 2 unspecified atom stereocenters. The number of para-hydroxylation sites is 1. The van der Waals surface area contributed by atoms with Crippen LogP contribution < -0.4 is 0 Å². The number of rotatable bonds is 5. The van der Waals surface area contributed by atoms with Crippen LogP contribution in [0.5, 0.6) is 5.75 Å². The lowest BCUT2D eigenvalue weighted by Gasteiger charge is -2.16. The molecule has 1 aliphatic rings. The highest BCUT2D eigenvalue weighted by atomic mass is 16.3. The number of likely N-dealkylation sites (N-methyl/N-ethyl adjacent to an activating group) is 1. The van der Waals surface area contributed by atoms with Gasteiger partial charge in [-0.2, -0.15) is 0 Å². The molecule has 1 heterocycles. The molecule has 1 aromatic carbocycles. The van der Waals surface area contributed by atoms with Gasteiger partial charge in [0.05, 0.1) is 13.0 Å². The van der Waals surface area contributed by atoms with Crippen LogP contribution in [0.25, 0.3) is 0 Å². The van der Waals surface area contributed by atoms with E-state index in [0.717, 1.165) is 11.5 Å². The summed E-state index contributed by atoms with van der Waals surface area (Å²) in [6.45, 7) is 2.67. The van der Waals surface area contributed by atoms with Gasteiger partial charge in [-0.3, -0.25) is 4.79 Å². The Morgan fingerprint density at radius 2 is 2.05 bits per heavy atom. The molecule has 0 spiro atoms. The van der Waals surface area contributed by atoms with Crippen molar-refractivity contribution in [2.24, 2.45) is 5.92 Å². The van der Waals surface area contributed by atoms with Crippen molar-refractivity contribution in [1.82, 2.24) is 4.90 Å². The molecule has 22 heavy (non-hydrogen) atoms. The van der Waals surface area contributed by atoms with Crippen molar-refractivity contribution in [1.29, 1.82) is 0 Å². The van der Waals surface area contributed by atoms with Crippen molar-refractivity contribution in [3.63, 3.8) is 0 Å². The summed E-state index contributed by atoms with van der Waals surface area (Å²) in [6.07, 6.45) is 1.38. The Bertz CT molecular complexity index is 676. The summed E-state index contributed by atoms with van der Waals surface area (Å²) in [5.74, 6) is 3.22. The van der Waals surface area contributed by atoms with Crippen LogP contribution in [0.1, 0.15) is 36.3 Å². The second-order valence-electron chi connectivity index (χ2n) is 6.18. The van der Waals surface area contributed by atoms with E-state index in [1.165, 1.54) is 6.42 Å². The fraction of sp³-hybridized carbons (Fsp3) is 0.389. The molecule has 4 heteroatoms. The first-order valence-corrected chi connectivity index (χ1v) is 7.64. The van der Waals surface area contributed by atoms with Crippen molar-refractivity contribution in [3.05, 3.63) is 53.5 Å². The minimum absolute atomic E-state index is 0.0424. The Hall–Kier alpha value is -2.23. The van der Waals surface area contributed by atoms with Crippen LogP contribution in [0, 0.1) is 5.92 Å². The predicted molar refractivity (Wildman–Crippen MR) is 83.5 cm³/mol. The zero-order chi connectivity index (χ0) is 15.7. The summed E-state index contributed by atoms with van der Waals surface area (Å²) in [4.78, 5) is 13.9. The molecule has 3 rings (SSSR count). The number of furan rings is 1. The number of hydrogen-bond acceptors (Lipinski definition) is 3. The molecule has 1 fully saturated rings. The lowest BCUT2D eigenvalue weighted by Crippen LogP contribution is -2.27. The standard InChI is InChI=1S/C18H21NO3/c1-12-9-15(12)17-8-7-14(22-17)11-19(2)18(21)10-13-5-3-4-6-16(13)20/h3-8,12,15,20H,9-11H2,1-2H3. The Kier molecular flexibility index (Phi) is 3.92. The normalized spacial score (nSPS) is 19.9. The number of carbonyl (C=O) groups excluding carboxylic acids is 1. The van der Waals surface area contributed by atoms with Crippen molar-refractivity contribution in [2.75, 3.05) is 7.05 Å². The third-order valence-corrected chi connectivity index (χ3v) is 4.31. The van der Waals surface area contributed by atoms with Crippen LogP contribution >= 0.6 is 0 Å². The molecule has 2 aromatic rings. The van der Waals surface area contributed by atoms with Crippen molar-refractivity contribution in [2.45, 2.75) is 32.2 Å². The average molecular weight is 299 g/mol. The number of amides is 1. The molecule has 1 amide bonds. The van der Waals surface area contributed by atoms with Crippen LogP contribution in [0.3, 0.4) is 0 Å². The Morgan fingerprint density at radius 3 is 2.73 bits per heavy atom. The van der Waals surface area contributed by atoms with Gasteiger partial charge in [0.15, 0.2) is 0 Å².